The number of sulfonamides is 1. The van der Waals surface area contributed by atoms with E-state index in [9.17, 15) is 13.2 Å². The van der Waals surface area contributed by atoms with E-state index in [-0.39, 0.29) is 29.9 Å². The normalized spacial score (nSPS) is 19.9. The van der Waals surface area contributed by atoms with Crippen LogP contribution in [0.5, 0.6) is 0 Å². The van der Waals surface area contributed by atoms with Crippen LogP contribution >= 0.6 is 24.0 Å². The van der Waals surface area contributed by atoms with E-state index in [1.807, 2.05) is 11.8 Å². The average Bonchev–Trinajstić information content (AvgIpc) is 3.01. The summed E-state index contributed by atoms with van der Waals surface area (Å²) in [5.74, 6) is 1.49. The van der Waals surface area contributed by atoms with E-state index in [4.69, 9.17) is 0 Å². The Kier molecular flexibility index (Phi) is 10.9. The Morgan fingerprint density at radius 2 is 1.93 bits per heavy atom. The zero-order chi connectivity index (χ0) is 19.0. The largest absolute Gasteiger partial charge is 0.357 e. The summed E-state index contributed by atoms with van der Waals surface area (Å²) in [7, 11) is -3.07. The predicted octanol–water partition coefficient (Wildman–Crippen LogP) is 0.844. The van der Waals surface area contributed by atoms with Crippen LogP contribution in [0.1, 0.15) is 39.0 Å². The van der Waals surface area contributed by atoms with E-state index in [2.05, 4.69) is 15.6 Å². The number of piperidine rings is 1. The molecule has 0 aromatic carbocycles. The fourth-order valence-corrected chi connectivity index (χ4v) is 4.28. The predicted molar refractivity (Wildman–Crippen MR) is 119 cm³/mol. The molecule has 0 radical (unpaired) electrons. The number of halogens is 1. The third-order valence-corrected chi connectivity index (χ3v) is 6.27. The van der Waals surface area contributed by atoms with Gasteiger partial charge in [-0.05, 0) is 38.5 Å². The van der Waals surface area contributed by atoms with Crippen molar-refractivity contribution < 1.29 is 13.2 Å². The molecule has 0 aromatic heterocycles. The van der Waals surface area contributed by atoms with Gasteiger partial charge in [-0.25, -0.2) is 12.7 Å². The number of hydrogen-bond acceptors (Lipinski definition) is 4. The highest BCUT2D eigenvalue weighted by molar-refractivity contribution is 14.0. The molecule has 2 N–H and O–H groups in total. The summed E-state index contributed by atoms with van der Waals surface area (Å²) in [6.45, 7) is 7.18. The van der Waals surface area contributed by atoms with Gasteiger partial charge in [0.15, 0.2) is 5.96 Å². The number of amides is 1. The molecule has 2 saturated heterocycles. The van der Waals surface area contributed by atoms with Gasteiger partial charge in [0.25, 0.3) is 0 Å². The van der Waals surface area contributed by atoms with Crippen molar-refractivity contribution in [2.75, 3.05) is 52.1 Å². The molecule has 2 heterocycles. The van der Waals surface area contributed by atoms with E-state index in [1.54, 1.807) is 4.31 Å². The Bertz CT molecular complexity index is 591. The molecule has 0 aromatic rings. The first-order valence-electron chi connectivity index (χ1n) is 9.65. The molecule has 0 unspecified atom stereocenters. The summed E-state index contributed by atoms with van der Waals surface area (Å²) in [6, 6.07) is 0. The molecule has 2 rings (SSSR count). The number of nitrogens with zero attached hydrogens (tertiary/aromatic N) is 3. The molecule has 2 aliphatic heterocycles. The van der Waals surface area contributed by atoms with E-state index < -0.39 is 10.0 Å². The highest BCUT2D eigenvalue weighted by Gasteiger charge is 2.24. The van der Waals surface area contributed by atoms with Crippen molar-refractivity contribution in [2.45, 2.75) is 39.0 Å². The molecule has 2 fully saturated rings. The summed E-state index contributed by atoms with van der Waals surface area (Å²) < 4.78 is 24.7. The molecule has 0 atom stereocenters. The Morgan fingerprint density at radius 3 is 2.48 bits per heavy atom. The van der Waals surface area contributed by atoms with Crippen molar-refractivity contribution in [1.29, 1.82) is 0 Å². The first-order valence-corrected chi connectivity index (χ1v) is 11.5. The Morgan fingerprint density at radius 1 is 1.22 bits per heavy atom. The lowest BCUT2D eigenvalue weighted by atomic mass is 9.98. The molecular weight excluding hydrogens is 481 g/mol. The minimum absolute atomic E-state index is 0. The fraction of sp³-hybridized carbons (Fsp3) is 0.882. The summed E-state index contributed by atoms with van der Waals surface area (Å²) in [5, 5.41) is 6.57. The number of likely N-dealkylation sites (tertiary alicyclic amines) is 1. The van der Waals surface area contributed by atoms with Crippen molar-refractivity contribution in [3.8, 4) is 0 Å². The number of hydrogen-bond donors (Lipinski definition) is 2. The van der Waals surface area contributed by atoms with E-state index in [0.717, 1.165) is 57.8 Å². The van der Waals surface area contributed by atoms with Crippen molar-refractivity contribution in [3.63, 3.8) is 0 Å². The van der Waals surface area contributed by atoms with Gasteiger partial charge in [-0.15, -0.1) is 24.0 Å². The molecule has 0 saturated carbocycles. The summed E-state index contributed by atoms with van der Waals surface area (Å²) >= 11 is 0. The van der Waals surface area contributed by atoms with Gasteiger partial charge < -0.3 is 15.5 Å². The maximum atomic E-state index is 11.6. The second-order valence-corrected chi connectivity index (χ2v) is 9.07. The second-order valence-electron chi connectivity index (χ2n) is 7.09. The fourth-order valence-electron chi connectivity index (χ4n) is 3.40. The summed E-state index contributed by atoms with van der Waals surface area (Å²) in [4.78, 5) is 18.2. The minimum Gasteiger partial charge on any atom is -0.357 e. The summed E-state index contributed by atoms with van der Waals surface area (Å²) in [6.07, 6.45) is 5.56. The van der Waals surface area contributed by atoms with Crippen LogP contribution in [0.2, 0.25) is 0 Å². The van der Waals surface area contributed by atoms with Gasteiger partial charge in [-0.2, -0.15) is 0 Å². The number of guanidine groups is 1. The van der Waals surface area contributed by atoms with Crippen LogP contribution in [0.4, 0.5) is 0 Å². The Labute approximate surface area is 180 Å². The third-order valence-electron chi connectivity index (χ3n) is 4.96. The number of nitrogens with one attached hydrogen (secondary N) is 2. The molecule has 1 amide bonds. The van der Waals surface area contributed by atoms with Crippen LogP contribution in [0.25, 0.3) is 0 Å². The smallest absolute Gasteiger partial charge is 0.222 e. The molecule has 2 aliphatic rings. The number of carbonyl (C=O) groups is 1. The monoisotopic (exact) mass is 515 g/mol. The van der Waals surface area contributed by atoms with Crippen molar-refractivity contribution in [3.05, 3.63) is 0 Å². The van der Waals surface area contributed by atoms with Crippen molar-refractivity contribution in [2.24, 2.45) is 10.9 Å². The molecular formula is C17H34IN5O3S. The number of rotatable bonds is 8. The van der Waals surface area contributed by atoms with Gasteiger partial charge in [0.2, 0.25) is 15.9 Å². The molecule has 27 heavy (non-hydrogen) atoms. The van der Waals surface area contributed by atoms with Crippen LogP contribution in [0.15, 0.2) is 4.99 Å². The maximum absolute atomic E-state index is 11.6. The topological polar surface area (TPSA) is 94.1 Å². The Balaban J connectivity index is 0.00000364. The summed E-state index contributed by atoms with van der Waals surface area (Å²) in [5.41, 5.74) is 0. The third kappa shape index (κ3) is 8.51. The van der Waals surface area contributed by atoms with Gasteiger partial charge in [-0.3, -0.25) is 9.79 Å². The molecule has 10 heteroatoms. The highest BCUT2D eigenvalue weighted by atomic mass is 127. The quantitative estimate of drug-likeness (QED) is 0.216. The van der Waals surface area contributed by atoms with E-state index in [1.165, 1.54) is 6.26 Å². The molecule has 0 aliphatic carbocycles. The van der Waals surface area contributed by atoms with Crippen LogP contribution in [0.3, 0.4) is 0 Å². The lowest BCUT2D eigenvalue weighted by Crippen LogP contribution is -2.40. The first-order chi connectivity index (χ1) is 12.4. The van der Waals surface area contributed by atoms with Gasteiger partial charge in [0.1, 0.15) is 0 Å². The van der Waals surface area contributed by atoms with Crippen molar-refractivity contribution in [1.82, 2.24) is 19.8 Å². The molecule has 0 spiro atoms. The van der Waals surface area contributed by atoms with Gasteiger partial charge >= 0.3 is 0 Å². The lowest BCUT2D eigenvalue weighted by molar-refractivity contribution is -0.127. The van der Waals surface area contributed by atoms with Gasteiger partial charge in [-0.1, -0.05) is 0 Å². The van der Waals surface area contributed by atoms with E-state index >= 15 is 0 Å². The van der Waals surface area contributed by atoms with Gasteiger partial charge in [0, 0.05) is 52.2 Å². The van der Waals surface area contributed by atoms with Crippen molar-refractivity contribution >= 4 is 45.9 Å². The van der Waals surface area contributed by atoms with Crippen LogP contribution in [-0.2, 0) is 14.8 Å². The molecule has 158 valence electrons. The first kappa shape index (κ1) is 24.4. The lowest BCUT2D eigenvalue weighted by Gasteiger charge is -2.29. The Hall–Kier alpha value is -0.620. The maximum Gasteiger partial charge on any atom is 0.222 e. The van der Waals surface area contributed by atoms with Gasteiger partial charge in [0.05, 0.1) is 6.26 Å². The standard InChI is InChI=1S/C17H33N5O3S.HI/c1-3-18-17(19-9-5-11-21-10-4-6-16(21)23)20-14-15-7-12-22(13-8-15)26(2,24)25;/h15H,3-14H2,1-2H3,(H2,18,19,20);1H. The second kappa shape index (κ2) is 12.1. The van der Waals surface area contributed by atoms with E-state index in [0.29, 0.717) is 32.0 Å². The zero-order valence-electron chi connectivity index (χ0n) is 16.4. The number of aliphatic imine (C=N–C) groups is 1. The SMILES string of the molecule is CCNC(=NCC1CCN(S(C)(=O)=O)CC1)NCCCN1CCCC1=O.I. The van der Waals surface area contributed by atoms with Crippen LogP contribution < -0.4 is 10.6 Å². The van der Waals surface area contributed by atoms with Crippen LogP contribution in [-0.4, -0.2) is 81.6 Å². The highest BCUT2D eigenvalue weighted by Crippen LogP contribution is 2.19. The average molecular weight is 515 g/mol. The van der Waals surface area contributed by atoms with Crippen LogP contribution in [0, 0.1) is 5.92 Å². The molecule has 8 nitrogen and oxygen atoms in total. The number of carbonyl (C=O) groups excluding carboxylic acids is 1. The molecule has 0 bridgehead atoms. The zero-order valence-corrected chi connectivity index (χ0v) is 19.6. The minimum atomic E-state index is -3.07.